The van der Waals surface area contributed by atoms with Crippen LogP contribution in [-0.4, -0.2) is 26.9 Å². The average molecular weight is 423 g/mol. The topological polar surface area (TPSA) is 52.8 Å². The number of para-hydroxylation sites is 1. The summed E-state index contributed by atoms with van der Waals surface area (Å²) in [6.45, 7) is 4.48. The molecule has 0 bridgehead atoms. The van der Waals surface area contributed by atoms with Gasteiger partial charge in [0.2, 0.25) is 0 Å². The van der Waals surface area contributed by atoms with Crippen LogP contribution in [0.15, 0.2) is 72.5 Å². The van der Waals surface area contributed by atoms with E-state index in [4.69, 9.17) is 16.3 Å². The van der Waals surface area contributed by atoms with Crippen molar-refractivity contribution < 1.29 is 4.74 Å². The van der Waals surface area contributed by atoms with Crippen LogP contribution >= 0.6 is 23.4 Å². The summed E-state index contributed by atoms with van der Waals surface area (Å²) in [5.74, 6) is 2.21. The largest absolute Gasteiger partial charge is 0.496 e. The molecule has 0 aliphatic carbocycles. The molecule has 5 nitrogen and oxygen atoms in total. The molecule has 146 valence electrons. The standard InChI is InChI=1S/C22H19ClN4OS/c1-3-13-27-21(17-7-4-5-9-19(17)28-2)25-26-22(27)29-14-15-10-11-18(23)16-8-6-12-24-20(15)16/h3-12H,1,13-14H2,2H3. The normalized spacial score (nSPS) is 11.0. The molecule has 0 aliphatic heterocycles. The number of halogens is 1. The third kappa shape index (κ3) is 3.86. The van der Waals surface area contributed by atoms with Crippen molar-refractivity contribution in [1.29, 1.82) is 0 Å². The molecule has 2 aromatic carbocycles. The second-order valence-electron chi connectivity index (χ2n) is 6.30. The number of thioether (sulfide) groups is 1. The summed E-state index contributed by atoms with van der Waals surface area (Å²) in [5.41, 5.74) is 2.91. The first-order valence-electron chi connectivity index (χ1n) is 9.05. The Morgan fingerprint density at radius 1 is 1.14 bits per heavy atom. The van der Waals surface area contributed by atoms with Crippen LogP contribution in [0.25, 0.3) is 22.3 Å². The number of hydrogen-bond acceptors (Lipinski definition) is 5. The van der Waals surface area contributed by atoms with Gasteiger partial charge in [-0.05, 0) is 35.9 Å². The van der Waals surface area contributed by atoms with E-state index in [1.54, 1.807) is 25.1 Å². The van der Waals surface area contributed by atoms with Gasteiger partial charge in [0.1, 0.15) is 5.75 Å². The SMILES string of the molecule is C=CCn1c(SCc2ccc(Cl)c3cccnc23)nnc1-c1ccccc1OC. The van der Waals surface area contributed by atoms with Crippen LogP contribution in [0.3, 0.4) is 0 Å². The molecule has 2 aromatic heterocycles. The van der Waals surface area contributed by atoms with Crippen molar-refractivity contribution in [3.8, 4) is 17.1 Å². The van der Waals surface area contributed by atoms with Gasteiger partial charge in [-0.1, -0.05) is 47.6 Å². The molecule has 0 N–H and O–H groups in total. The number of ether oxygens (including phenoxy) is 1. The number of allylic oxidation sites excluding steroid dienone is 1. The molecule has 0 saturated carbocycles. The Balaban J connectivity index is 1.68. The second-order valence-corrected chi connectivity index (χ2v) is 7.65. The molecule has 4 rings (SSSR count). The predicted octanol–water partition coefficient (Wildman–Crippen LogP) is 5.63. The molecule has 0 unspecified atom stereocenters. The number of methoxy groups -OCH3 is 1. The summed E-state index contributed by atoms with van der Waals surface area (Å²) in [7, 11) is 1.65. The van der Waals surface area contributed by atoms with E-state index in [0.717, 1.165) is 38.8 Å². The predicted molar refractivity (Wildman–Crippen MR) is 119 cm³/mol. The summed E-state index contributed by atoms with van der Waals surface area (Å²) in [4.78, 5) is 4.52. The second kappa shape index (κ2) is 8.68. The van der Waals surface area contributed by atoms with Gasteiger partial charge >= 0.3 is 0 Å². The maximum atomic E-state index is 6.32. The molecule has 0 atom stereocenters. The molecule has 0 radical (unpaired) electrons. The molecule has 7 heteroatoms. The molecule has 0 saturated heterocycles. The van der Waals surface area contributed by atoms with E-state index in [0.29, 0.717) is 17.3 Å². The van der Waals surface area contributed by atoms with E-state index in [2.05, 4.69) is 21.8 Å². The zero-order chi connectivity index (χ0) is 20.2. The highest BCUT2D eigenvalue weighted by Crippen LogP contribution is 2.33. The highest BCUT2D eigenvalue weighted by atomic mass is 35.5. The van der Waals surface area contributed by atoms with E-state index in [-0.39, 0.29) is 0 Å². The Kier molecular flexibility index (Phi) is 5.83. The van der Waals surface area contributed by atoms with Crippen LogP contribution in [0.1, 0.15) is 5.56 Å². The number of aromatic nitrogens is 4. The van der Waals surface area contributed by atoms with E-state index in [1.165, 1.54) is 0 Å². The van der Waals surface area contributed by atoms with Crippen molar-refractivity contribution in [3.05, 3.63) is 78.0 Å². The molecule has 0 amide bonds. The third-order valence-corrected chi connectivity index (χ3v) is 5.88. The summed E-state index contributed by atoms with van der Waals surface area (Å²) < 4.78 is 7.54. The molecular formula is C22H19ClN4OS. The van der Waals surface area contributed by atoms with Crippen LogP contribution in [-0.2, 0) is 12.3 Å². The fourth-order valence-corrected chi connectivity index (χ4v) is 4.32. The van der Waals surface area contributed by atoms with Gasteiger partial charge < -0.3 is 4.74 Å². The first-order chi connectivity index (χ1) is 14.2. The van der Waals surface area contributed by atoms with Gasteiger partial charge in [-0.2, -0.15) is 0 Å². The highest BCUT2D eigenvalue weighted by Gasteiger charge is 2.17. The minimum absolute atomic E-state index is 0.600. The lowest BCUT2D eigenvalue weighted by molar-refractivity contribution is 0.416. The summed E-state index contributed by atoms with van der Waals surface area (Å²) in [6.07, 6.45) is 3.62. The Morgan fingerprint density at radius 3 is 2.83 bits per heavy atom. The lowest BCUT2D eigenvalue weighted by Crippen LogP contribution is -2.02. The minimum atomic E-state index is 0.600. The molecule has 4 aromatic rings. The van der Waals surface area contributed by atoms with Gasteiger partial charge in [-0.3, -0.25) is 9.55 Å². The first kappa shape index (κ1) is 19.5. The van der Waals surface area contributed by atoms with E-state index in [9.17, 15) is 0 Å². The van der Waals surface area contributed by atoms with Crippen LogP contribution in [0, 0.1) is 0 Å². The van der Waals surface area contributed by atoms with Gasteiger partial charge in [0, 0.05) is 28.9 Å². The summed E-state index contributed by atoms with van der Waals surface area (Å²) >= 11 is 7.92. The Bertz CT molecular complexity index is 1170. The van der Waals surface area contributed by atoms with E-state index in [1.807, 2.05) is 59.2 Å². The van der Waals surface area contributed by atoms with Gasteiger partial charge in [0.15, 0.2) is 11.0 Å². The number of pyridine rings is 1. The molecule has 0 spiro atoms. The maximum absolute atomic E-state index is 6.32. The molecular weight excluding hydrogens is 404 g/mol. The van der Waals surface area contributed by atoms with Crippen molar-refractivity contribution in [2.75, 3.05) is 7.11 Å². The maximum Gasteiger partial charge on any atom is 0.192 e. The molecule has 0 fully saturated rings. The number of benzene rings is 2. The Hall–Kier alpha value is -2.83. The van der Waals surface area contributed by atoms with Crippen molar-refractivity contribution >= 4 is 34.3 Å². The van der Waals surface area contributed by atoms with Crippen molar-refractivity contribution in [1.82, 2.24) is 19.7 Å². The fraction of sp³-hybridized carbons (Fsp3) is 0.136. The average Bonchev–Trinajstić information content (AvgIpc) is 3.16. The van der Waals surface area contributed by atoms with E-state index >= 15 is 0 Å². The zero-order valence-corrected chi connectivity index (χ0v) is 17.5. The van der Waals surface area contributed by atoms with Gasteiger partial charge in [-0.25, -0.2) is 0 Å². The fourth-order valence-electron chi connectivity index (χ4n) is 3.17. The number of nitrogens with zero attached hydrogens (tertiary/aromatic N) is 4. The van der Waals surface area contributed by atoms with Gasteiger partial charge in [-0.15, -0.1) is 16.8 Å². The first-order valence-corrected chi connectivity index (χ1v) is 10.4. The quantitative estimate of drug-likeness (QED) is 0.285. The number of hydrogen-bond donors (Lipinski definition) is 0. The highest BCUT2D eigenvalue weighted by molar-refractivity contribution is 7.98. The Morgan fingerprint density at radius 2 is 2.00 bits per heavy atom. The smallest absolute Gasteiger partial charge is 0.192 e. The van der Waals surface area contributed by atoms with Crippen molar-refractivity contribution in [3.63, 3.8) is 0 Å². The van der Waals surface area contributed by atoms with Crippen LogP contribution in [0.4, 0.5) is 0 Å². The molecule has 2 heterocycles. The summed E-state index contributed by atoms with van der Waals surface area (Å²) in [6, 6.07) is 15.6. The zero-order valence-electron chi connectivity index (χ0n) is 15.9. The Labute approximate surface area is 178 Å². The van der Waals surface area contributed by atoms with Gasteiger partial charge in [0.25, 0.3) is 0 Å². The number of fused-ring (bicyclic) bond motifs is 1. The third-order valence-electron chi connectivity index (χ3n) is 4.53. The monoisotopic (exact) mass is 422 g/mol. The minimum Gasteiger partial charge on any atom is -0.496 e. The van der Waals surface area contributed by atoms with Gasteiger partial charge in [0.05, 0.1) is 18.2 Å². The van der Waals surface area contributed by atoms with Crippen LogP contribution in [0.5, 0.6) is 5.75 Å². The van der Waals surface area contributed by atoms with Crippen LogP contribution < -0.4 is 4.74 Å². The lowest BCUT2D eigenvalue weighted by Gasteiger charge is -2.11. The molecule has 29 heavy (non-hydrogen) atoms. The van der Waals surface area contributed by atoms with E-state index < -0.39 is 0 Å². The van der Waals surface area contributed by atoms with Crippen molar-refractivity contribution in [2.45, 2.75) is 17.5 Å². The number of rotatable bonds is 7. The lowest BCUT2D eigenvalue weighted by atomic mass is 10.1. The van der Waals surface area contributed by atoms with Crippen LogP contribution in [0.2, 0.25) is 5.02 Å². The van der Waals surface area contributed by atoms with Crippen molar-refractivity contribution in [2.24, 2.45) is 0 Å². The summed E-state index contributed by atoms with van der Waals surface area (Å²) in [5, 5.41) is 11.3. The molecule has 0 aliphatic rings.